The fourth-order valence-electron chi connectivity index (χ4n) is 2.50. The number of hydrogen-bond donors (Lipinski definition) is 1. The number of fused-ring (bicyclic) bond motifs is 1. The molecule has 1 atom stereocenters. The molecular weight excluding hydrogens is 294 g/mol. The summed E-state index contributed by atoms with van der Waals surface area (Å²) in [5.41, 5.74) is 1.97. The number of nitrogens with zero attached hydrogens (tertiary/aromatic N) is 6. The first-order chi connectivity index (χ1) is 11.1. The minimum Gasteiger partial charge on any atom is -0.342 e. The molecule has 0 unspecified atom stereocenters. The second-order valence-corrected chi connectivity index (χ2v) is 5.33. The summed E-state index contributed by atoms with van der Waals surface area (Å²) < 4.78 is 3.39. The van der Waals surface area contributed by atoms with Crippen LogP contribution in [0.15, 0.2) is 24.9 Å². The Labute approximate surface area is 133 Å². The Morgan fingerprint density at radius 1 is 1.26 bits per heavy atom. The summed E-state index contributed by atoms with van der Waals surface area (Å²) in [7, 11) is 0. The molecule has 0 aliphatic carbocycles. The maximum absolute atomic E-state index is 12.6. The van der Waals surface area contributed by atoms with Crippen LogP contribution in [0.5, 0.6) is 0 Å². The average Bonchev–Trinajstić information content (AvgIpc) is 3.18. The van der Waals surface area contributed by atoms with Crippen LogP contribution in [-0.4, -0.2) is 35.3 Å². The van der Waals surface area contributed by atoms with Crippen LogP contribution in [0.25, 0.3) is 5.65 Å². The Morgan fingerprint density at radius 3 is 2.83 bits per heavy atom. The van der Waals surface area contributed by atoms with E-state index in [0.29, 0.717) is 17.8 Å². The van der Waals surface area contributed by atoms with Crippen LogP contribution in [0.4, 0.5) is 0 Å². The largest absolute Gasteiger partial charge is 0.342 e. The van der Waals surface area contributed by atoms with Gasteiger partial charge in [0.25, 0.3) is 5.91 Å². The maximum atomic E-state index is 12.6. The van der Waals surface area contributed by atoms with Gasteiger partial charge in [-0.05, 0) is 25.8 Å². The molecule has 1 N–H and O–H groups in total. The van der Waals surface area contributed by atoms with Crippen LogP contribution in [0.3, 0.4) is 0 Å². The molecule has 0 fully saturated rings. The van der Waals surface area contributed by atoms with E-state index in [2.05, 4.69) is 25.5 Å². The second kappa shape index (κ2) is 6.15. The van der Waals surface area contributed by atoms with Gasteiger partial charge in [0, 0.05) is 18.9 Å². The van der Waals surface area contributed by atoms with Crippen molar-refractivity contribution in [3.63, 3.8) is 0 Å². The van der Waals surface area contributed by atoms with Crippen LogP contribution >= 0.6 is 0 Å². The predicted octanol–water partition coefficient (Wildman–Crippen LogP) is 1.53. The average molecular weight is 313 g/mol. The zero-order valence-corrected chi connectivity index (χ0v) is 13.4. The van der Waals surface area contributed by atoms with Gasteiger partial charge in [-0.3, -0.25) is 4.79 Å². The molecule has 0 aliphatic rings. The maximum Gasteiger partial charge on any atom is 0.257 e. The second-order valence-electron chi connectivity index (χ2n) is 5.33. The van der Waals surface area contributed by atoms with E-state index in [1.807, 2.05) is 27.0 Å². The first-order valence-electron chi connectivity index (χ1n) is 7.62. The van der Waals surface area contributed by atoms with Gasteiger partial charge >= 0.3 is 0 Å². The van der Waals surface area contributed by atoms with E-state index in [-0.39, 0.29) is 11.9 Å². The summed E-state index contributed by atoms with van der Waals surface area (Å²) in [6.45, 7) is 6.62. The molecule has 0 saturated heterocycles. The van der Waals surface area contributed by atoms with Crippen molar-refractivity contribution in [2.24, 2.45) is 0 Å². The van der Waals surface area contributed by atoms with Crippen LogP contribution in [0, 0.1) is 6.92 Å². The van der Waals surface area contributed by atoms with Gasteiger partial charge < -0.3 is 5.32 Å². The topological polar surface area (TPSA) is 90.0 Å². The van der Waals surface area contributed by atoms with Gasteiger partial charge in [0.05, 0.1) is 12.2 Å². The quantitative estimate of drug-likeness (QED) is 0.771. The molecule has 0 bridgehead atoms. The van der Waals surface area contributed by atoms with E-state index in [9.17, 15) is 4.79 Å². The lowest BCUT2D eigenvalue weighted by Crippen LogP contribution is -2.30. The van der Waals surface area contributed by atoms with Gasteiger partial charge in [-0.25, -0.2) is 19.2 Å². The Kier molecular flexibility index (Phi) is 4.05. The molecular formula is C15H19N7O. The Bertz CT molecular complexity index is 835. The lowest BCUT2D eigenvalue weighted by Gasteiger charge is -2.16. The molecule has 0 saturated carbocycles. The van der Waals surface area contributed by atoms with Crippen molar-refractivity contribution < 1.29 is 4.79 Å². The number of aryl methyl sites for hydroxylation is 2. The fourth-order valence-corrected chi connectivity index (χ4v) is 2.50. The molecule has 0 aromatic carbocycles. The van der Waals surface area contributed by atoms with E-state index in [4.69, 9.17) is 0 Å². The van der Waals surface area contributed by atoms with E-state index >= 15 is 0 Å². The first kappa shape index (κ1) is 15.1. The molecule has 8 nitrogen and oxygen atoms in total. The summed E-state index contributed by atoms with van der Waals surface area (Å²) in [4.78, 5) is 21.2. The Morgan fingerprint density at radius 2 is 2.09 bits per heavy atom. The molecule has 23 heavy (non-hydrogen) atoms. The highest BCUT2D eigenvalue weighted by Gasteiger charge is 2.21. The number of nitrogens with one attached hydrogen (secondary N) is 1. The van der Waals surface area contributed by atoms with Gasteiger partial charge in [0.15, 0.2) is 5.65 Å². The summed E-state index contributed by atoms with van der Waals surface area (Å²) in [5, 5.41) is 11.3. The summed E-state index contributed by atoms with van der Waals surface area (Å²) in [6, 6.07) is -0.203. The third kappa shape index (κ3) is 2.79. The van der Waals surface area contributed by atoms with Gasteiger partial charge in [-0.1, -0.05) is 6.92 Å². The monoisotopic (exact) mass is 313 g/mol. The molecule has 3 heterocycles. The van der Waals surface area contributed by atoms with Crippen molar-refractivity contribution in [3.05, 3.63) is 41.9 Å². The van der Waals surface area contributed by atoms with E-state index in [1.165, 1.54) is 12.5 Å². The number of carbonyl (C=O) groups is 1. The summed E-state index contributed by atoms with van der Waals surface area (Å²) >= 11 is 0. The standard InChI is InChI=1S/C15H19N7O/c1-4-12(14-17-9-19-21(14)5-2)20-15(23)11-7-18-22-8-10(3)6-16-13(11)22/h6-9,12H,4-5H2,1-3H3,(H,20,23)/t12-/m1/s1. The van der Waals surface area contributed by atoms with Crippen LogP contribution in [0.2, 0.25) is 0 Å². The number of aromatic nitrogens is 6. The minimum absolute atomic E-state index is 0.203. The first-order valence-corrected chi connectivity index (χ1v) is 7.62. The lowest BCUT2D eigenvalue weighted by molar-refractivity contribution is 0.0934. The van der Waals surface area contributed by atoms with Crippen LogP contribution < -0.4 is 5.32 Å². The van der Waals surface area contributed by atoms with Crippen LogP contribution in [-0.2, 0) is 6.54 Å². The van der Waals surface area contributed by atoms with Crippen molar-refractivity contribution in [2.45, 2.75) is 39.8 Å². The smallest absolute Gasteiger partial charge is 0.257 e. The summed E-state index contributed by atoms with van der Waals surface area (Å²) in [5.74, 6) is 0.539. The zero-order valence-electron chi connectivity index (χ0n) is 13.4. The SMILES string of the molecule is CC[C@@H](NC(=O)c1cnn2cc(C)cnc12)c1ncnn1CC. The van der Waals surface area contributed by atoms with Crippen molar-refractivity contribution in [1.82, 2.24) is 34.7 Å². The summed E-state index contributed by atoms with van der Waals surface area (Å²) in [6.07, 6.45) is 7.32. The van der Waals surface area contributed by atoms with E-state index < -0.39 is 0 Å². The fraction of sp³-hybridized carbons (Fsp3) is 0.400. The van der Waals surface area contributed by atoms with Gasteiger partial charge in [0.1, 0.15) is 17.7 Å². The van der Waals surface area contributed by atoms with Crippen molar-refractivity contribution in [1.29, 1.82) is 0 Å². The van der Waals surface area contributed by atoms with E-state index in [0.717, 1.165) is 17.8 Å². The number of rotatable bonds is 5. The molecule has 0 spiro atoms. The normalized spacial score (nSPS) is 12.5. The van der Waals surface area contributed by atoms with Crippen molar-refractivity contribution in [2.75, 3.05) is 0 Å². The molecule has 0 radical (unpaired) electrons. The molecule has 0 aliphatic heterocycles. The van der Waals surface area contributed by atoms with Gasteiger partial charge in [0.2, 0.25) is 0 Å². The molecule has 3 aromatic heterocycles. The Hall–Kier alpha value is -2.77. The molecule has 8 heteroatoms. The highest BCUT2D eigenvalue weighted by Crippen LogP contribution is 2.16. The third-order valence-electron chi connectivity index (χ3n) is 3.70. The van der Waals surface area contributed by atoms with E-state index in [1.54, 1.807) is 15.4 Å². The molecule has 3 rings (SSSR count). The van der Waals surface area contributed by atoms with Crippen molar-refractivity contribution in [3.8, 4) is 0 Å². The number of amides is 1. The van der Waals surface area contributed by atoms with Crippen molar-refractivity contribution >= 4 is 11.6 Å². The highest BCUT2D eigenvalue weighted by atomic mass is 16.1. The third-order valence-corrected chi connectivity index (χ3v) is 3.70. The lowest BCUT2D eigenvalue weighted by atomic mass is 10.2. The van der Waals surface area contributed by atoms with Gasteiger partial charge in [-0.2, -0.15) is 10.2 Å². The zero-order chi connectivity index (χ0) is 16.4. The minimum atomic E-state index is -0.214. The number of carbonyl (C=O) groups excluding carboxylic acids is 1. The predicted molar refractivity (Wildman–Crippen MR) is 83.9 cm³/mol. The Balaban J connectivity index is 1.87. The van der Waals surface area contributed by atoms with Gasteiger partial charge in [-0.15, -0.1) is 0 Å². The number of hydrogen-bond acceptors (Lipinski definition) is 5. The molecule has 120 valence electrons. The van der Waals surface area contributed by atoms with Crippen LogP contribution in [0.1, 0.15) is 48.1 Å². The molecule has 1 amide bonds. The molecule has 3 aromatic rings. The highest BCUT2D eigenvalue weighted by molar-refractivity contribution is 5.99.